The third kappa shape index (κ3) is 5.06. The molecule has 2 heterocycles. The van der Waals surface area contributed by atoms with Gasteiger partial charge in [0, 0.05) is 25.4 Å². The van der Waals surface area contributed by atoms with Crippen molar-refractivity contribution in [2.45, 2.75) is 43.7 Å². The van der Waals surface area contributed by atoms with Crippen LogP contribution in [0.25, 0.3) is 0 Å². The molecule has 1 unspecified atom stereocenters. The van der Waals surface area contributed by atoms with Gasteiger partial charge in [-0.05, 0) is 25.8 Å². The Morgan fingerprint density at radius 1 is 1.48 bits per heavy atom. The highest BCUT2D eigenvalue weighted by atomic mass is 32.2. The van der Waals surface area contributed by atoms with Crippen LogP contribution >= 0.6 is 0 Å². The minimum absolute atomic E-state index is 0.140. The lowest BCUT2D eigenvalue weighted by molar-refractivity contribution is 0.0774. The molecule has 1 aliphatic rings. The molecule has 0 aliphatic carbocycles. The van der Waals surface area contributed by atoms with Crippen molar-refractivity contribution in [3.05, 3.63) is 12.4 Å². The summed E-state index contributed by atoms with van der Waals surface area (Å²) in [7, 11) is -3.51. The SMILES string of the molecule is CCCNCCn1cc(S(=O)(=O)NC2CCCOC2)cn1. The van der Waals surface area contributed by atoms with Gasteiger partial charge in [0.25, 0.3) is 0 Å². The molecule has 0 bridgehead atoms. The van der Waals surface area contributed by atoms with Crippen LogP contribution in [0.2, 0.25) is 0 Å². The number of rotatable bonds is 8. The maximum absolute atomic E-state index is 12.3. The Morgan fingerprint density at radius 3 is 3.05 bits per heavy atom. The standard InChI is InChI=1S/C13H24N4O3S/c1-2-5-14-6-7-17-10-13(9-15-17)21(18,19)16-12-4-3-8-20-11-12/h9-10,12,14,16H,2-8,11H2,1H3. The van der Waals surface area contributed by atoms with E-state index in [0.717, 1.165) is 32.4 Å². The molecule has 1 fully saturated rings. The van der Waals surface area contributed by atoms with Gasteiger partial charge >= 0.3 is 0 Å². The fourth-order valence-corrected chi connectivity index (χ4v) is 3.43. The van der Waals surface area contributed by atoms with Crippen molar-refractivity contribution in [3.63, 3.8) is 0 Å². The molecule has 2 N–H and O–H groups in total. The van der Waals surface area contributed by atoms with Crippen LogP contribution in [0.5, 0.6) is 0 Å². The van der Waals surface area contributed by atoms with Crippen LogP contribution in [-0.2, 0) is 21.3 Å². The van der Waals surface area contributed by atoms with Crippen molar-refractivity contribution in [1.82, 2.24) is 19.8 Å². The molecular formula is C13H24N4O3S. The van der Waals surface area contributed by atoms with Crippen molar-refractivity contribution in [3.8, 4) is 0 Å². The molecule has 1 aromatic rings. The first kappa shape index (κ1) is 16.4. The molecule has 0 spiro atoms. The van der Waals surface area contributed by atoms with Crippen LogP contribution in [0.4, 0.5) is 0 Å². The highest BCUT2D eigenvalue weighted by Gasteiger charge is 2.23. The van der Waals surface area contributed by atoms with Crippen LogP contribution in [0.3, 0.4) is 0 Å². The summed E-state index contributed by atoms with van der Waals surface area (Å²) in [5.74, 6) is 0. The monoisotopic (exact) mass is 316 g/mol. The number of ether oxygens (including phenoxy) is 1. The van der Waals surface area contributed by atoms with Crippen LogP contribution in [-0.4, -0.2) is 50.5 Å². The molecule has 0 saturated carbocycles. The summed E-state index contributed by atoms with van der Waals surface area (Å²) in [4.78, 5) is 0.212. The van der Waals surface area contributed by atoms with Gasteiger partial charge in [0.15, 0.2) is 0 Å². The molecule has 1 aliphatic heterocycles. The highest BCUT2D eigenvalue weighted by Crippen LogP contribution is 2.12. The van der Waals surface area contributed by atoms with Gasteiger partial charge in [-0.1, -0.05) is 6.92 Å². The van der Waals surface area contributed by atoms with E-state index in [0.29, 0.717) is 19.8 Å². The normalized spacial score (nSPS) is 19.8. The smallest absolute Gasteiger partial charge is 0.244 e. The molecule has 1 aromatic heterocycles. The number of hydrogen-bond donors (Lipinski definition) is 2. The Bertz CT molecular complexity index is 523. The van der Waals surface area contributed by atoms with E-state index in [1.165, 1.54) is 6.20 Å². The number of sulfonamides is 1. The fourth-order valence-electron chi connectivity index (χ4n) is 2.22. The zero-order valence-corrected chi connectivity index (χ0v) is 13.2. The molecule has 1 saturated heterocycles. The second-order valence-electron chi connectivity index (χ2n) is 5.22. The van der Waals surface area contributed by atoms with Gasteiger partial charge in [-0.3, -0.25) is 4.68 Å². The summed E-state index contributed by atoms with van der Waals surface area (Å²) < 4.78 is 34.1. The van der Waals surface area contributed by atoms with E-state index in [1.807, 2.05) is 0 Å². The Hall–Kier alpha value is -0.960. The van der Waals surface area contributed by atoms with E-state index < -0.39 is 10.0 Å². The maximum atomic E-state index is 12.3. The predicted molar refractivity (Wildman–Crippen MR) is 79.6 cm³/mol. The summed E-state index contributed by atoms with van der Waals surface area (Å²) in [6.45, 7) is 5.64. The molecule has 120 valence electrons. The first-order valence-corrected chi connectivity index (χ1v) is 8.93. The molecule has 1 atom stereocenters. The van der Waals surface area contributed by atoms with Crippen molar-refractivity contribution in [2.24, 2.45) is 0 Å². The van der Waals surface area contributed by atoms with Crippen molar-refractivity contribution in [2.75, 3.05) is 26.3 Å². The average Bonchev–Trinajstić information content (AvgIpc) is 2.94. The minimum Gasteiger partial charge on any atom is -0.380 e. The molecule has 21 heavy (non-hydrogen) atoms. The summed E-state index contributed by atoms with van der Waals surface area (Å²) >= 11 is 0. The van der Waals surface area contributed by atoms with Gasteiger partial charge in [-0.25, -0.2) is 13.1 Å². The third-order valence-electron chi connectivity index (χ3n) is 3.35. The van der Waals surface area contributed by atoms with E-state index in [-0.39, 0.29) is 10.9 Å². The Morgan fingerprint density at radius 2 is 2.33 bits per heavy atom. The molecule has 7 nitrogen and oxygen atoms in total. The summed E-state index contributed by atoms with van der Waals surface area (Å²) in [5.41, 5.74) is 0. The zero-order valence-electron chi connectivity index (χ0n) is 12.4. The first-order chi connectivity index (χ1) is 10.1. The maximum Gasteiger partial charge on any atom is 0.244 e. The quantitative estimate of drug-likeness (QED) is 0.676. The molecular weight excluding hydrogens is 292 g/mol. The average molecular weight is 316 g/mol. The van der Waals surface area contributed by atoms with Crippen molar-refractivity contribution >= 4 is 10.0 Å². The molecule has 8 heteroatoms. The molecule has 0 aromatic carbocycles. The van der Waals surface area contributed by atoms with E-state index in [2.05, 4.69) is 22.1 Å². The van der Waals surface area contributed by atoms with Crippen LogP contribution < -0.4 is 10.0 Å². The van der Waals surface area contributed by atoms with Gasteiger partial charge in [0.2, 0.25) is 10.0 Å². The fraction of sp³-hybridized carbons (Fsp3) is 0.769. The van der Waals surface area contributed by atoms with Crippen LogP contribution in [0.15, 0.2) is 17.3 Å². The van der Waals surface area contributed by atoms with Crippen molar-refractivity contribution in [1.29, 1.82) is 0 Å². The number of hydrogen-bond acceptors (Lipinski definition) is 5. The third-order valence-corrected chi connectivity index (χ3v) is 4.82. The summed E-state index contributed by atoms with van der Waals surface area (Å²) in [6.07, 6.45) is 5.74. The Balaban J connectivity index is 1.89. The van der Waals surface area contributed by atoms with E-state index >= 15 is 0 Å². The van der Waals surface area contributed by atoms with E-state index in [9.17, 15) is 8.42 Å². The minimum atomic E-state index is -3.51. The second kappa shape index (κ2) is 7.88. The second-order valence-corrected chi connectivity index (χ2v) is 6.94. The molecule has 2 rings (SSSR count). The largest absolute Gasteiger partial charge is 0.380 e. The molecule has 0 amide bonds. The Labute approximate surface area is 126 Å². The zero-order chi connectivity index (χ0) is 15.1. The highest BCUT2D eigenvalue weighted by molar-refractivity contribution is 7.89. The summed E-state index contributed by atoms with van der Waals surface area (Å²) in [6, 6.07) is -0.140. The van der Waals surface area contributed by atoms with Crippen LogP contribution in [0, 0.1) is 0 Å². The number of nitrogens with zero attached hydrogens (tertiary/aromatic N) is 2. The van der Waals surface area contributed by atoms with Gasteiger partial charge in [0.1, 0.15) is 4.90 Å². The summed E-state index contributed by atoms with van der Waals surface area (Å²) in [5, 5.41) is 7.35. The van der Waals surface area contributed by atoms with Crippen molar-refractivity contribution < 1.29 is 13.2 Å². The molecule has 0 radical (unpaired) electrons. The topological polar surface area (TPSA) is 85.2 Å². The number of nitrogens with one attached hydrogen (secondary N) is 2. The number of aromatic nitrogens is 2. The lowest BCUT2D eigenvalue weighted by atomic mass is 10.1. The lowest BCUT2D eigenvalue weighted by Gasteiger charge is -2.22. The predicted octanol–water partition coefficient (Wildman–Crippen LogP) is 0.340. The first-order valence-electron chi connectivity index (χ1n) is 7.45. The van der Waals surface area contributed by atoms with Crippen LogP contribution in [0.1, 0.15) is 26.2 Å². The van der Waals surface area contributed by atoms with Gasteiger partial charge < -0.3 is 10.1 Å². The lowest BCUT2D eigenvalue weighted by Crippen LogP contribution is -2.40. The van der Waals surface area contributed by atoms with E-state index in [4.69, 9.17) is 4.74 Å². The van der Waals surface area contributed by atoms with Gasteiger partial charge in [-0.2, -0.15) is 5.10 Å². The van der Waals surface area contributed by atoms with Gasteiger partial charge in [0.05, 0.1) is 19.3 Å². The Kier molecular flexibility index (Phi) is 6.16. The van der Waals surface area contributed by atoms with E-state index in [1.54, 1.807) is 10.9 Å². The van der Waals surface area contributed by atoms with Gasteiger partial charge in [-0.15, -0.1) is 0 Å².